The third-order valence-corrected chi connectivity index (χ3v) is 4.59. The zero-order valence-corrected chi connectivity index (χ0v) is 15.6. The summed E-state index contributed by atoms with van der Waals surface area (Å²) in [4.78, 5) is 16.7. The summed E-state index contributed by atoms with van der Waals surface area (Å²) in [6, 6.07) is 10.4. The summed E-state index contributed by atoms with van der Waals surface area (Å²) < 4.78 is 0. The number of H-pyrrole nitrogens is 2. The van der Waals surface area contributed by atoms with Crippen LogP contribution in [0.5, 0.6) is 0 Å². The number of aromatic amines is 2. The van der Waals surface area contributed by atoms with Gasteiger partial charge in [0.25, 0.3) is 0 Å². The van der Waals surface area contributed by atoms with Gasteiger partial charge in [-0.25, -0.2) is 4.98 Å². The maximum Gasteiger partial charge on any atom is 0.155 e. The van der Waals surface area contributed by atoms with Crippen molar-refractivity contribution in [1.82, 2.24) is 30.1 Å². The Bertz CT molecular complexity index is 1250. The Morgan fingerprint density at radius 2 is 1.89 bits per heavy atom. The van der Waals surface area contributed by atoms with E-state index in [1.807, 2.05) is 36.8 Å². The lowest BCUT2D eigenvalue weighted by Crippen LogP contribution is -2.09. The first-order valence-electron chi connectivity index (χ1n) is 9.17. The molecule has 0 radical (unpaired) electrons. The fraction of sp³-hybridized carbons (Fsp3) is 0.143. The monoisotopic (exact) mass is 369 g/mol. The Hall–Kier alpha value is -3.74. The lowest BCUT2D eigenvalue weighted by molar-refractivity contribution is 0.898. The van der Waals surface area contributed by atoms with E-state index in [-0.39, 0.29) is 0 Å². The van der Waals surface area contributed by atoms with Gasteiger partial charge in [0.15, 0.2) is 5.65 Å². The van der Waals surface area contributed by atoms with Crippen molar-refractivity contribution in [2.75, 3.05) is 5.32 Å². The number of hydrogen-bond donors (Lipinski definition) is 3. The molecule has 7 heteroatoms. The van der Waals surface area contributed by atoms with Gasteiger partial charge in [0.2, 0.25) is 0 Å². The third kappa shape index (κ3) is 2.87. The minimum absolute atomic E-state index is 0.341. The van der Waals surface area contributed by atoms with Crippen LogP contribution in [0.2, 0.25) is 0 Å². The fourth-order valence-corrected chi connectivity index (χ4v) is 3.36. The van der Waals surface area contributed by atoms with Gasteiger partial charge in [-0.1, -0.05) is 0 Å². The molecule has 0 saturated heterocycles. The molecule has 5 aromatic heterocycles. The van der Waals surface area contributed by atoms with Crippen molar-refractivity contribution in [1.29, 1.82) is 0 Å². The van der Waals surface area contributed by atoms with Crippen LogP contribution >= 0.6 is 0 Å². The van der Waals surface area contributed by atoms with Crippen LogP contribution in [0.4, 0.5) is 5.69 Å². The van der Waals surface area contributed by atoms with Gasteiger partial charge in [-0.3, -0.25) is 15.1 Å². The van der Waals surface area contributed by atoms with Gasteiger partial charge in [0.05, 0.1) is 22.4 Å². The Morgan fingerprint density at radius 1 is 1.00 bits per heavy atom. The second-order valence-electron chi connectivity index (χ2n) is 7.07. The number of aromatic nitrogens is 6. The SMILES string of the molecule is CC(C)Nc1cncc(-c2cnc3[nH]nc(-c4cc5ncccc5[nH]4)c3c2)c1. The van der Waals surface area contributed by atoms with Gasteiger partial charge in [-0.05, 0) is 44.2 Å². The molecule has 0 aliphatic carbocycles. The zero-order chi connectivity index (χ0) is 19.1. The highest BCUT2D eigenvalue weighted by Gasteiger charge is 2.13. The lowest BCUT2D eigenvalue weighted by Gasteiger charge is -2.10. The maximum absolute atomic E-state index is 4.55. The van der Waals surface area contributed by atoms with Crippen LogP contribution in [-0.4, -0.2) is 36.2 Å². The highest BCUT2D eigenvalue weighted by molar-refractivity contribution is 5.95. The average Bonchev–Trinajstić information content (AvgIpc) is 3.30. The van der Waals surface area contributed by atoms with E-state index in [4.69, 9.17) is 0 Å². The Morgan fingerprint density at radius 3 is 2.75 bits per heavy atom. The predicted octanol–water partition coefficient (Wildman–Crippen LogP) is 4.38. The van der Waals surface area contributed by atoms with Crippen molar-refractivity contribution in [3.05, 3.63) is 55.1 Å². The molecule has 3 N–H and O–H groups in total. The summed E-state index contributed by atoms with van der Waals surface area (Å²) >= 11 is 0. The Balaban J connectivity index is 1.60. The van der Waals surface area contributed by atoms with Crippen LogP contribution in [0.15, 0.2) is 55.1 Å². The molecule has 5 heterocycles. The number of nitrogens with zero attached hydrogens (tertiary/aromatic N) is 4. The normalized spacial score (nSPS) is 11.5. The predicted molar refractivity (Wildman–Crippen MR) is 111 cm³/mol. The van der Waals surface area contributed by atoms with Gasteiger partial charge in [0, 0.05) is 47.3 Å². The van der Waals surface area contributed by atoms with E-state index in [9.17, 15) is 0 Å². The number of rotatable bonds is 4. The largest absolute Gasteiger partial charge is 0.382 e. The van der Waals surface area contributed by atoms with Crippen LogP contribution in [-0.2, 0) is 0 Å². The molecule has 0 aliphatic rings. The molecule has 0 amide bonds. The number of anilines is 1. The molecular formula is C21H19N7. The summed E-state index contributed by atoms with van der Waals surface area (Å²) in [5, 5.41) is 11.8. The molecule has 5 aromatic rings. The van der Waals surface area contributed by atoms with E-state index < -0.39 is 0 Å². The van der Waals surface area contributed by atoms with Crippen LogP contribution < -0.4 is 5.32 Å². The van der Waals surface area contributed by atoms with Gasteiger partial charge < -0.3 is 10.3 Å². The highest BCUT2D eigenvalue weighted by Crippen LogP contribution is 2.30. The molecule has 0 atom stereocenters. The number of nitrogens with one attached hydrogen (secondary N) is 3. The summed E-state index contributed by atoms with van der Waals surface area (Å²) in [5.74, 6) is 0. The minimum atomic E-state index is 0.341. The van der Waals surface area contributed by atoms with E-state index in [1.54, 1.807) is 6.20 Å². The summed E-state index contributed by atoms with van der Waals surface area (Å²) in [7, 11) is 0. The molecule has 0 fully saturated rings. The van der Waals surface area contributed by atoms with E-state index in [0.717, 1.165) is 50.3 Å². The first-order chi connectivity index (χ1) is 13.7. The topological polar surface area (TPSA) is 95.2 Å². The quantitative estimate of drug-likeness (QED) is 0.437. The molecule has 138 valence electrons. The van der Waals surface area contributed by atoms with Gasteiger partial charge in [-0.15, -0.1) is 0 Å². The average molecular weight is 369 g/mol. The molecule has 0 spiro atoms. The first kappa shape index (κ1) is 16.4. The minimum Gasteiger partial charge on any atom is -0.382 e. The van der Waals surface area contributed by atoms with Gasteiger partial charge in [-0.2, -0.15) is 5.10 Å². The smallest absolute Gasteiger partial charge is 0.155 e. The zero-order valence-electron chi connectivity index (χ0n) is 15.6. The van der Waals surface area contributed by atoms with Crippen molar-refractivity contribution in [2.24, 2.45) is 0 Å². The van der Waals surface area contributed by atoms with E-state index in [1.165, 1.54) is 0 Å². The van der Waals surface area contributed by atoms with Gasteiger partial charge in [0.1, 0.15) is 5.69 Å². The van der Waals surface area contributed by atoms with E-state index in [0.29, 0.717) is 6.04 Å². The van der Waals surface area contributed by atoms with Crippen molar-refractivity contribution < 1.29 is 0 Å². The van der Waals surface area contributed by atoms with Gasteiger partial charge >= 0.3 is 0 Å². The van der Waals surface area contributed by atoms with Crippen LogP contribution in [0.1, 0.15) is 13.8 Å². The maximum atomic E-state index is 4.55. The van der Waals surface area contributed by atoms with Crippen molar-refractivity contribution in [2.45, 2.75) is 19.9 Å². The summed E-state index contributed by atoms with van der Waals surface area (Å²) in [6.45, 7) is 4.21. The third-order valence-electron chi connectivity index (χ3n) is 4.59. The molecular weight excluding hydrogens is 350 g/mol. The lowest BCUT2D eigenvalue weighted by atomic mass is 10.1. The molecule has 0 unspecified atom stereocenters. The van der Waals surface area contributed by atoms with Crippen LogP contribution in [0.3, 0.4) is 0 Å². The Labute approximate surface area is 161 Å². The number of fused-ring (bicyclic) bond motifs is 2. The molecule has 0 aliphatic heterocycles. The molecule has 28 heavy (non-hydrogen) atoms. The molecule has 7 nitrogen and oxygen atoms in total. The van der Waals surface area contributed by atoms with E-state index >= 15 is 0 Å². The first-order valence-corrected chi connectivity index (χ1v) is 9.17. The highest BCUT2D eigenvalue weighted by atomic mass is 15.2. The summed E-state index contributed by atoms with van der Waals surface area (Å²) in [6.07, 6.45) is 7.30. The summed E-state index contributed by atoms with van der Waals surface area (Å²) in [5.41, 5.74) is 7.36. The molecule has 0 aromatic carbocycles. The molecule has 0 bridgehead atoms. The number of hydrogen-bond acceptors (Lipinski definition) is 5. The van der Waals surface area contributed by atoms with Crippen molar-refractivity contribution >= 4 is 27.8 Å². The Kier molecular flexibility index (Phi) is 3.79. The molecule has 5 rings (SSSR count). The van der Waals surface area contributed by atoms with Crippen LogP contribution in [0.25, 0.3) is 44.6 Å². The standard InChI is InChI=1S/C21H19N7/c1-12(2)25-15-6-13(9-22-11-15)14-7-16-20(27-28-21(16)24-10-14)19-8-18-17(26-19)4-3-5-23-18/h3-12,25-26H,1-2H3,(H,24,27,28). The van der Waals surface area contributed by atoms with Crippen molar-refractivity contribution in [3.63, 3.8) is 0 Å². The second-order valence-corrected chi connectivity index (χ2v) is 7.07. The molecule has 0 saturated carbocycles. The number of pyridine rings is 3. The van der Waals surface area contributed by atoms with E-state index in [2.05, 4.69) is 61.4 Å². The van der Waals surface area contributed by atoms with Crippen LogP contribution in [0, 0.1) is 0 Å². The fourth-order valence-electron chi connectivity index (χ4n) is 3.36. The second kappa shape index (κ2) is 6.45. The van der Waals surface area contributed by atoms with Crippen molar-refractivity contribution in [3.8, 4) is 22.5 Å².